The van der Waals surface area contributed by atoms with Gasteiger partial charge in [-0.1, -0.05) is 12.0 Å². The molecule has 254 valence electrons. The van der Waals surface area contributed by atoms with Gasteiger partial charge in [0.25, 0.3) is 0 Å². The van der Waals surface area contributed by atoms with E-state index in [1.807, 2.05) is 19.0 Å². The Labute approximate surface area is 287 Å². The highest BCUT2D eigenvalue weighted by Crippen LogP contribution is 2.42. The molecular weight excluding hydrogens is 652 g/mol. The first kappa shape index (κ1) is 31.8. The Hall–Kier alpha value is -4.41. The van der Waals surface area contributed by atoms with E-state index in [0.717, 1.165) is 37.3 Å². The Morgan fingerprint density at radius 2 is 1.94 bits per heavy atom. The minimum absolute atomic E-state index is 0.0169. The number of alkyl halides is 1. The molecule has 0 spiro atoms. The van der Waals surface area contributed by atoms with Gasteiger partial charge in [-0.05, 0) is 68.0 Å². The molecule has 49 heavy (non-hydrogen) atoms. The van der Waals surface area contributed by atoms with Crippen LogP contribution >= 0.6 is 12.2 Å². The molecule has 9 nitrogen and oxygen atoms in total. The molecule has 8 rings (SSSR count). The fraction of sp³-hybridized carbons (Fsp3) is 0.444. The zero-order chi connectivity index (χ0) is 34.2. The van der Waals surface area contributed by atoms with E-state index in [2.05, 4.69) is 30.6 Å². The van der Waals surface area contributed by atoms with Crippen LogP contribution in [-0.4, -0.2) is 111 Å². The lowest BCUT2D eigenvalue weighted by Crippen LogP contribution is -2.58. The van der Waals surface area contributed by atoms with E-state index in [0.29, 0.717) is 42.6 Å². The highest BCUT2D eigenvalue weighted by atomic mass is 32.1. The number of rotatable bonds is 5. The van der Waals surface area contributed by atoms with E-state index < -0.39 is 23.3 Å². The van der Waals surface area contributed by atoms with Crippen LogP contribution in [0.15, 0.2) is 30.5 Å². The summed E-state index contributed by atoms with van der Waals surface area (Å²) in [5, 5.41) is 12.4. The number of phenolic OH excluding ortho intramolecular Hbond substituents is 1. The molecule has 0 saturated carbocycles. The van der Waals surface area contributed by atoms with E-state index in [4.69, 9.17) is 28.4 Å². The van der Waals surface area contributed by atoms with Crippen molar-refractivity contribution in [2.45, 2.75) is 55.9 Å². The highest BCUT2D eigenvalue weighted by Gasteiger charge is 2.49. The minimum atomic E-state index is -0.932. The summed E-state index contributed by atoms with van der Waals surface area (Å²) in [5.41, 5.74) is -0.567. The second-order valence-corrected chi connectivity index (χ2v) is 14.3. The number of aromatic nitrogens is 3. The summed E-state index contributed by atoms with van der Waals surface area (Å²) in [6.45, 7) is 2.55. The number of pyridine rings is 1. The van der Waals surface area contributed by atoms with Crippen molar-refractivity contribution >= 4 is 44.8 Å². The van der Waals surface area contributed by atoms with Gasteiger partial charge in [0, 0.05) is 69.4 Å². The van der Waals surface area contributed by atoms with Gasteiger partial charge in [-0.3, -0.25) is 9.88 Å². The number of terminal acetylenes is 1. The SMILES string of the molecule is C#Cc1c(F)ccc2cc(O)cc(-c3ncc4c(N5CC6CCC(C5)N6C(=S)N(C)C)nc(OC[C@@]56CCCN5C[C@H](F)C6)nc4c3F)c12. The van der Waals surface area contributed by atoms with Gasteiger partial charge in [0.15, 0.2) is 10.9 Å². The van der Waals surface area contributed by atoms with Crippen molar-refractivity contribution in [1.82, 2.24) is 29.7 Å². The van der Waals surface area contributed by atoms with Crippen LogP contribution in [0.1, 0.15) is 37.7 Å². The lowest BCUT2D eigenvalue weighted by atomic mass is 9.95. The van der Waals surface area contributed by atoms with Crippen molar-refractivity contribution in [3.05, 3.63) is 47.7 Å². The van der Waals surface area contributed by atoms with E-state index >= 15 is 4.39 Å². The van der Waals surface area contributed by atoms with Crippen LogP contribution in [0.25, 0.3) is 32.9 Å². The molecule has 13 heteroatoms. The molecular formula is C36H36F3N7O2S. The number of piperazine rings is 1. The van der Waals surface area contributed by atoms with Crippen molar-refractivity contribution in [2.24, 2.45) is 0 Å². The fourth-order valence-electron chi connectivity index (χ4n) is 8.53. The fourth-order valence-corrected chi connectivity index (χ4v) is 8.83. The first-order valence-electron chi connectivity index (χ1n) is 16.6. The number of hydrogen-bond acceptors (Lipinski definition) is 8. The Kier molecular flexibility index (Phi) is 7.72. The molecule has 2 bridgehead atoms. The summed E-state index contributed by atoms with van der Waals surface area (Å²) in [6.07, 6.45) is 10.3. The van der Waals surface area contributed by atoms with Crippen molar-refractivity contribution < 1.29 is 23.0 Å². The molecule has 4 aliphatic rings. The molecule has 4 aliphatic heterocycles. The zero-order valence-corrected chi connectivity index (χ0v) is 28.1. The van der Waals surface area contributed by atoms with Crippen molar-refractivity contribution in [3.63, 3.8) is 0 Å². The summed E-state index contributed by atoms with van der Waals surface area (Å²) in [4.78, 5) is 22.5. The van der Waals surface area contributed by atoms with E-state index in [-0.39, 0.29) is 58.2 Å². The number of hydrogen-bond donors (Lipinski definition) is 1. The number of aromatic hydroxyl groups is 1. The molecule has 0 radical (unpaired) electrons. The maximum Gasteiger partial charge on any atom is 0.319 e. The molecule has 4 saturated heterocycles. The lowest BCUT2D eigenvalue weighted by Gasteiger charge is -2.44. The molecule has 4 fully saturated rings. The third-order valence-corrected chi connectivity index (χ3v) is 11.3. The molecule has 4 aromatic rings. The molecule has 1 N–H and O–H groups in total. The van der Waals surface area contributed by atoms with Gasteiger partial charge in [-0.25, -0.2) is 13.2 Å². The van der Waals surface area contributed by atoms with E-state index in [9.17, 15) is 13.9 Å². The average Bonchev–Trinajstić information content (AvgIpc) is 3.69. The summed E-state index contributed by atoms with van der Waals surface area (Å²) in [7, 11) is 3.89. The van der Waals surface area contributed by atoms with Crippen LogP contribution in [0.2, 0.25) is 0 Å². The summed E-state index contributed by atoms with van der Waals surface area (Å²) in [6, 6.07) is 5.72. The van der Waals surface area contributed by atoms with Crippen LogP contribution < -0.4 is 9.64 Å². The van der Waals surface area contributed by atoms with Crippen LogP contribution in [-0.2, 0) is 0 Å². The molecule has 2 aromatic heterocycles. The minimum Gasteiger partial charge on any atom is -0.508 e. The maximum absolute atomic E-state index is 17.0. The van der Waals surface area contributed by atoms with Crippen molar-refractivity contribution in [2.75, 3.05) is 51.8 Å². The van der Waals surface area contributed by atoms with Gasteiger partial charge in [-0.2, -0.15) is 9.97 Å². The van der Waals surface area contributed by atoms with Crippen LogP contribution in [0.5, 0.6) is 11.8 Å². The average molecular weight is 688 g/mol. The molecule has 2 aromatic carbocycles. The van der Waals surface area contributed by atoms with Crippen LogP contribution in [0.4, 0.5) is 19.0 Å². The molecule has 0 amide bonds. The number of fused-ring (bicyclic) bond motifs is 5. The lowest BCUT2D eigenvalue weighted by molar-refractivity contribution is 0.107. The monoisotopic (exact) mass is 687 g/mol. The topological polar surface area (TPSA) is 81.1 Å². The second kappa shape index (κ2) is 11.9. The van der Waals surface area contributed by atoms with Gasteiger partial charge in [0.1, 0.15) is 41.4 Å². The molecule has 6 heterocycles. The zero-order valence-electron chi connectivity index (χ0n) is 27.3. The van der Waals surface area contributed by atoms with Gasteiger partial charge in [-0.15, -0.1) is 6.42 Å². The number of anilines is 1. The molecule has 4 atom stereocenters. The normalized spacial score (nSPS) is 24.9. The third kappa shape index (κ3) is 5.18. The quantitative estimate of drug-likeness (QED) is 0.222. The van der Waals surface area contributed by atoms with Gasteiger partial charge >= 0.3 is 6.01 Å². The number of halogens is 3. The van der Waals surface area contributed by atoms with Gasteiger partial charge in [0.2, 0.25) is 0 Å². The summed E-state index contributed by atoms with van der Waals surface area (Å²) < 4.78 is 52.7. The predicted octanol–water partition coefficient (Wildman–Crippen LogP) is 5.26. The second-order valence-electron chi connectivity index (χ2n) is 13.9. The largest absolute Gasteiger partial charge is 0.508 e. The predicted molar refractivity (Wildman–Crippen MR) is 185 cm³/mol. The first-order chi connectivity index (χ1) is 23.6. The maximum atomic E-state index is 17.0. The number of ether oxygens (including phenoxy) is 1. The Morgan fingerprint density at radius 3 is 2.67 bits per heavy atom. The number of thiocarbonyl (C=S) groups is 1. The number of nitrogens with zero attached hydrogens (tertiary/aromatic N) is 7. The number of phenols is 1. The standard InChI is InChI=1S/C36H36F3N7O2S/c1-4-25-28(38)9-6-20-12-24(47)13-26(29(20)25)31-30(39)32-27(15-40-31)33(44-17-22-7-8-23(18-44)46(22)35(49)43(2)3)42-34(41-32)48-19-36-10-5-11-45(36)16-21(37)14-36/h1,6,9,12-13,15,21-23,47H,5,7-8,10-11,14,16-19H2,2-3H3/t21-,22?,23?,36+/m1/s1. The Bertz CT molecular complexity index is 2040. The van der Waals surface area contributed by atoms with Gasteiger partial charge in [0.05, 0.1) is 16.5 Å². The number of benzene rings is 2. The van der Waals surface area contributed by atoms with E-state index in [1.165, 1.54) is 30.5 Å². The van der Waals surface area contributed by atoms with Crippen molar-refractivity contribution in [3.8, 4) is 35.4 Å². The van der Waals surface area contributed by atoms with Crippen molar-refractivity contribution in [1.29, 1.82) is 0 Å². The Balaban J connectivity index is 1.25. The summed E-state index contributed by atoms with van der Waals surface area (Å²) in [5.74, 6) is 1.27. The highest BCUT2D eigenvalue weighted by molar-refractivity contribution is 7.80. The molecule has 2 unspecified atom stereocenters. The smallest absolute Gasteiger partial charge is 0.319 e. The van der Waals surface area contributed by atoms with E-state index in [1.54, 1.807) is 0 Å². The first-order valence-corrected chi connectivity index (χ1v) is 17.0. The third-order valence-electron chi connectivity index (χ3n) is 10.7. The Morgan fingerprint density at radius 1 is 1.16 bits per heavy atom. The summed E-state index contributed by atoms with van der Waals surface area (Å²) >= 11 is 5.77. The van der Waals surface area contributed by atoms with Crippen LogP contribution in [0, 0.1) is 24.0 Å². The molecule has 0 aliphatic carbocycles. The van der Waals surface area contributed by atoms with Gasteiger partial charge < -0.3 is 24.5 Å². The van der Waals surface area contributed by atoms with Crippen LogP contribution in [0.3, 0.4) is 0 Å².